The lowest BCUT2D eigenvalue weighted by atomic mass is 9.95. The van der Waals surface area contributed by atoms with Crippen molar-refractivity contribution >= 4 is 22.9 Å². The summed E-state index contributed by atoms with van der Waals surface area (Å²) in [5.41, 5.74) is 4.52. The number of allylic oxidation sites excluding steroid dienone is 2. The normalized spacial score (nSPS) is 14.0. The highest BCUT2D eigenvalue weighted by atomic mass is 32.2. The second-order valence-corrected chi connectivity index (χ2v) is 7.69. The Hall–Kier alpha value is -1.94. The third-order valence-corrected chi connectivity index (χ3v) is 5.86. The Morgan fingerprint density at radius 2 is 1.54 bits per heavy atom. The van der Waals surface area contributed by atoms with Crippen LogP contribution >= 0.6 is 11.8 Å². The molecule has 136 valence electrons. The predicted octanol–water partition coefficient (Wildman–Crippen LogP) is 7.25. The smallest absolute Gasteiger partial charge is 0.166 e. The average molecular weight is 374 g/mol. The molecule has 0 fully saturated rings. The molecule has 0 unspecified atom stereocenters. The summed E-state index contributed by atoms with van der Waals surface area (Å²) in [6.45, 7) is 8.21. The maximum absolute atomic E-state index is 12.6. The number of hydrogen-bond acceptors (Lipinski definition) is 1. The molecule has 0 N–H and O–H groups in total. The quantitative estimate of drug-likeness (QED) is 0.531. The van der Waals surface area contributed by atoms with Crippen molar-refractivity contribution in [1.29, 1.82) is 0 Å². The summed E-state index contributed by atoms with van der Waals surface area (Å²) in [6.07, 6.45) is -0.527. The molecular formula is C22H21F3S. The molecule has 1 aliphatic heterocycles. The van der Waals surface area contributed by atoms with Gasteiger partial charge in [-0.25, -0.2) is 0 Å². The van der Waals surface area contributed by atoms with Crippen LogP contribution in [0.2, 0.25) is 0 Å². The first kappa shape index (κ1) is 18.8. The van der Waals surface area contributed by atoms with Crippen molar-refractivity contribution in [3.63, 3.8) is 0 Å². The van der Waals surface area contributed by atoms with Crippen molar-refractivity contribution in [1.82, 2.24) is 0 Å². The van der Waals surface area contributed by atoms with Crippen LogP contribution in [0.5, 0.6) is 0 Å². The second-order valence-electron chi connectivity index (χ2n) is 6.56. The van der Waals surface area contributed by atoms with E-state index in [1.54, 1.807) is 0 Å². The Bertz CT molecular complexity index is 816. The third-order valence-electron chi connectivity index (χ3n) is 4.67. The molecule has 0 spiro atoms. The van der Waals surface area contributed by atoms with Crippen LogP contribution in [0, 0.1) is 0 Å². The molecule has 0 saturated heterocycles. The van der Waals surface area contributed by atoms with E-state index in [9.17, 15) is 13.2 Å². The van der Waals surface area contributed by atoms with Gasteiger partial charge in [0, 0.05) is 4.90 Å². The van der Waals surface area contributed by atoms with Crippen LogP contribution in [0.25, 0.3) is 11.1 Å². The van der Waals surface area contributed by atoms with E-state index in [0.717, 1.165) is 53.0 Å². The minimum atomic E-state index is -4.31. The Labute approximate surface area is 156 Å². The lowest BCUT2D eigenvalue weighted by Gasteiger charge is -2.17. The van der Waals surface area contributed by atoms with E-state index in [-0.39, 0.29) is 0 Å². The summed E-state index contributed by atoms with van der Waals surface area (Å²) < 4.78 is 37.9. The molecule has 0 amide bonds. The summed E-state index contributed by atoms with van der Waals surface area (Å²) in [4.78, 5) is 1.34. The molecule has 2 aromatic rings. The van der Waals surface area contributed by atoms with Crippen molar-refractivity contribution in [3.8, 4) is 0 Å². The van der Waals surface area contributed by atoms with Crippen LogP contribution in [0.3, 0.4) is 0 Å². The molecule has 1 aliphatic rings. The number of aryl methyl sites for hydroxylation is 1. The number of alkyl halides is 3. The molecule has 0 nitrogen and oxygen atoms in total. The number of halogens is 3. The Morgan fingerprint density at radius 1 is 0.923 bits per heavy atom. The largest absolute Gasteiger partial charge is 0.416 e. The van der Waals surface area contributed by atoms with Crippen LogP contribution in [0.4, 0.5) is 13.2 Å². The van der Waals surface area contributed by atoms with Crippen LogP contribution in [-0.4, -0.2) is 5.75 Å². The zero-order chi connectivity index (χ0) is 18.7. The van der Waals surface area contributed by atoms with Gasteiger partial charge in [-0.05, 0) is 77.5 Å². The van der Waals surface area contributed by atoms with E-state index >= 15 is 0 Å². The fourth-order valence-electron chi connectivity index (χ4n) is 3.05. The SMILES string of the molecule is C=C(CCC(=C)c1ccc2c(c1)SCCC2)c1ccc(C(F)(F)F)cc1. The second kappa shape index (κ2) is 7.75. The van der Waals surface area contributed by atoms with Gasteiger partial charge in [-0.1, -0.05) is 37.4 Å². The topological polar surface area (TPSA) is 0 Å². The first-order valence-electron chi connectivity index (χ1n) is 8.64. The van der Waals surface area contributed by atoms with E-state index in [1.165, 1.54) is 29.0 Å². The van der Waals surface area contributed by atoms with Gasteiger partial charge in [0.25, 0.3) is 0 Å². The molecule has 4 heteroatoms. The van der Waals surface area contributed by atoms with Gasteiger partial charge in [0.15, 0.2) is 0 Å². The lowest BCUT2D eigenvalue weighted by molar-refractivity contribution is -0.137. The average Bonchev–Trinajstić information content (AvgIpc) is 2.64. The molecule has 26 heavy (non-hydrogen) atoms. The van der Waals surface area contributed by atoms with E-state index in [0.29, 0.717) is 6.42 Å². The summed E-state index contributed by atoms with van der Waals surface area (Å²) >= 11 is 1.89. The Morgan fingerprint density at radius 3 is 2.19 bits per heavy atom. The fourth-order valence-corrected chi connectivity index (χ4v) is 4.12. The molecule has 0 atom stereocenters. The lowest BCUT2D eigenvalue weighted by Crippen LogP contribution is -2.04. The van der Waals surface area contributed by atoms with Gasteiger partial charge in [-0.3, -0.25) is 0 Å². The highest BCUT2D eigenvalue weighted by Crippen LogP contribution is 2.34. The number of rotatable bonds is 5. The standard InChI is InChI=1S/C22H21F3S/c1-15(17-9-11-20(12-10-17)22(23,24)25)5-6-16(2)19-8-7-18-4-3-13-26-21(18)14-19/h7-12,14H,1-6,13H2. The van der Waals surface area contributed by atoms with Gasteiger partial charge in [0.05, 0.1) is 5.56 Å². The summed E-state index contributed by atoms with van der Waals surface area (Å²) in [7, 11) is 0. The van der Waals surface area contributed by atoms with Gasteiger partial charge in [-0.2, -0.15) is 13.2 Å². The minimum absolute atomic E-state index is 0.634. The van der Waals surface area contributed by atoms with Gasteiger partial charge in [0.1, 0.15) is 0 Å². The fraction of sp³-hybridized carbons (Fsp3) is 0.273. The summed E-state index contributed by atoms with van der Waals surface area (Å²) in [5.74, 6) is 1.16. The Balaban J connectivity index is 1.61. The first-order valence-corrected chi connectivity index (χ1v) is 9.62. The molecule has 2 aromatic carbocycles. The van der Waals surface area contributed by atoms with Crippen LogP contribution in [0.15, 0.2) is 60.5 Å². The van der Waals surface area contributed by atoms with E-state index in [2.05, 4.69) is 31.4 Å². The maximum atomic E-state index is 12.6. The Kier molecular flexibility index (Phi) is 5.61. The van der Waals surface area contributed by atoms with Gasteiger partial charge < -0.3 is 0 Å². The van der Waals surface area contributed by atoms with Crippen molar-refractivity contribution in [2.24, 2.45) is 0 Å². The van der Waals surface area contributed by atoms with Crippen LogP contribution < -0.4 is 0 Å². The van der Waals surface area contributed by atoms with E-state index in [1.807, 2.05) is 11.8 Å². The number of benzene rings is 2. The number of hydrogen-bond donors (Lipinski definition) is 0. The number of thioether (sulfide) groups is 1. The highest BCUT2D eigenvalue weighted by Gasteiger charge is 2.29. The van der Waals surface area contributed by atoms with Gasteiger partial charge in [-0.15, -0.1) is 11.8 Å². The molecule has 0 bridgehead atoms. The van der Waals surface area contributed by atoms with Gasteiger partial charge >= 0.3 is 6.18 Å². The molecule has 0 aromatic heterocycles. The van der Waals surface area contributed by atoms with Crippen LogP contribution in [-0.2, 0) is 12.6 Å². The zero-order valence-electron chi connectivity index (χ0n) is 14.5. The van der Waals surface area contributed by atoms with E-state index < -0.39 is 11.7 Å². The zero-order valence-corrected chi connectivity index (χ0v) is 15.3. The molecule has 0 aliphatic carbocycles. The summed E-state index contributed by atoms with van der Waals surface area (Å²) in [5, 5.41) is 0. The molecule has 1 heterocycles. The van der Waals surface area contributed by atoms with Crippen molar-refractivity contribution < 1.29 is 13.2 Å². The predicted molar refractivity (Wildman–Crippen MR) is 104 cm³/mol. The molecular weight excluding hydrogens is 353 g/mol. The van der Waals surface area contributed by atoms with Crippen molar-refractivity contribution in [3.05, 3.63) is 77.9 Å². The summed E-state index contributed by atoms with van der Waals surface area (Å²) in [6, 6.07) is 11.7. The van der Waals surface area contributed by atoms with Crippen molar-refractivity contribution in [2.75, 3.05) is 5.75 Å². The van der Waals surface area contributed by atoms with Gasteiger partial charge in [0.2, 0.25) is 0 Å². The third kappa shape index (κ3) is 4.42. The maximum Gasteiger partial charge on any atom is 0.416 e. The molecule has 0 saturated carbocycles. The molecule has 3 rings (SSSR count). The van der Waals surface area contributed by atoms with Crippen molar-refractivity contribution in [2.45, 2.75) is 36.8 Å². The first-order chi connectivity index (χ1) is 12.3. The molecule has 0 radical (unpaired) electrons. The minimum Gasteiger partial charge on any atom is -0.166 e. The highest BCUT2D eigenvalue weighted by molar-refractivity contribution is 7.99. The monoisotopic (exact) mass is 374 g/mol. The van der Waals surface area contributed by atoms with E-state index in [4.69, 9.17) is 0 Å². The van der Waals surface area contributed by atoms with Crippen LogP contribution in [0.1, 0.15) is 41.5 Å². The number of fused-ring (bicyclic) bond motifs is 1.